The number of furan rings is 2. The highest BCUT2D eigenvalue weighted by molar-refractivity contribution is 6.20. The molecule has 0 fully saturated rings. The molecule has 6 nitrogen and oxygen atoms in total. The Morgan fingerprint density at radius 1 is 0.162 bits per heavy atom. The van der Waals surface area contributed by atoms with Gasteiger partial charge in [0.1, 0.15) is 22.3 Å². The van der Waals surface area contributed by atoms with Gasteiger partial charge in [0.2, 0.25) is 0 Å². The molecule has 26 rings (SSSR count). The lowest BCUT2D eigenvalue weighted by Gasteiger charge is -2.29. The SMILES string of the molecule is c1ccc(-n2c3ccccc3c3cc(-c4ccc5oc6ccccc6c5c4)c(N(c4ccc(-c5cccc6ccccc56)cc4)c4ccc(-c5cccc6ccccc56)cc4)cc32)cc1.c1ccc(-n2c3ccccc3c3cc(-c4cccc5oc6ccccc6c45)c(N(c4ccc(-c5cccc6ccccc56)cc4)c4ccc(-c5cccc6ccccc56)cc4)cc32)cc1. The van der Waals surface area contributed by atoms with E-state index < -0.39 is 0 Å². The second kappa shape index (κ2) is 31.4. The van der Waals surface area contributed by atoms with Gasteiger partial charge in [-0.2, -0.15) is 0 Å². The monoisotopic (exact) mass is 1660 g/mol. The van der Waals surface area contributed by atoms with Crippen molar-refractivity contribution in [2.75, 3.05) is 9.80 Å². The first-order valence-electron chi connectivity index (χ1n) is 44.5. The lowest BCUT2D eigenvalue weighted by atomic mass is 9.94. The number of aromatic nitrogens is 2. The number of anilines is 6. The average Bonchev–Trinajstić information content (AvgIpc) is 1.56. The van der Waals surface area contributed by atoms with Crippen molar-refractivity contribution in [2.45, 2.75) is 0 Å². The first-order valence-corrected chi connectivity index (χ1v) is 44.5. The van der Waals surface area contributed by atoms with Gasteiger partial charge in [-0.25, -0.2) is 0 Å². The maximum absolute atomic E-state index is 6.56. The van der Waals surface area contributed by atoms with Crippen molar-refractivity contribution in [3.63, 3.8) is 0 Å². The molecular weight excluding hydrogens is 1580 g/mol. The summed E-state index contributed by atoms with van der Waals surface area (Å²) in [6, 6.07) is 176. The van der Waals surface area contributed by atoms with Crippen LogP contribution in [0.25, 0.3) is 209 Å². The number of fused-ring (bicyclic) bond motifs is 16. The Labute approximate surface area is 750 Å². The summed E-state index contributed by atoms with van der Waals surface area (Å²) in [4.78, 5) is 4.89. The van der Waals surface area contributed by atoms with Gasteiger partial charge in [0, 0.05) is 88.3 Å². The van der Waals surface area contributed by atoms with Crippen molar-refractivity contribution in [1.29, 1.82) is 0 Å². The Morgan fingerprint density at radius 3 is 0.892 bits per heavy atom. The van der Waals surface area contributed by atoms with Gasteiger partial charge in [0.25, 0.3) is 0 Å². The second-order valence-corrected chi connectivity index (χ2v) is 33.7. The zero-order valence-electron chi connectivity index (χ0n) is 70.8. The van der Waals surface area contributed by atoms with Crippen molar-refractivity contribution in [3.05, 3.63) is 485 Å². The molecule has 0 bridgehead atoms. The minimum atomic E-state index is 0.867. The van der Waals surface area contributed by atoms with Crippen molar-refractivity contribution in [1.82, 2.24) is 9.13 Å². The molecule has 4 aromatic heterocycles. The number of hydrogen-bond donors (Lipinski definition) is 0. The van der Waals surface area contributed by atoms with Crippen LogP contribution in [0.3, 0.4) is 0 Å². The van der Waals surface area contributed by atoms with Crippen LogP contribution in [0, 0.1) is 0 Å². The summed E-state index contributed by atoms with van der Waals surface area (Å²) in [6.07, 6.45) is 0. The highest BCUT2D eigenvalue weighted by atomic mass is 16.3. The van der Waals surface area contributed by atoms with E-state index in [0.717, 1.165) is 128 Å². The average molecular weight is 1660 g/mol. The highest BCUT2D eigenvalue weighted by Gasteiger charge is 2.28. The predicted molar refractivity (Wildman–Crippen MR) is 548 cm³/mol. The topological polar surface area (TPSA) is 42.6 Å². The number of para-hydroxylation sites is 6. The van der Waals surface area contributed by atoms with Crippen LogP contribution >= 0.6 is 0 Å². The molecule has 0 aliphatic heterocycles. The smallest absolute Gasteiger partial charge is 0.136 e. The van der Waals surface area contributed by atoms with Crippen molar-refractivity contribution in [2.24, 2.45) is 0 Å². The zero-order chi connectivity index (χ0) is 85.7. The first-order chi connectivity index (χ1) is 64.5. The van der Waals surface area contributed by atoms with Crippen LogP contribution in [0.2, 0.25) is 0 Å². The third kappa shape index (κ3) is 12.9. The lowest BCUT2D eigenvalue weighted by Crippen LogP contribution is -2.11. The predicted octanol–water partition coefficient (Wildman–Crippen LogP) is 34.9. The van der Waals surface area contributed by atoms with Gasteiger partial charge in [0.15, 0.2) is 0 Å². The molecule has 608 valence electrons. The fourth-order valence-corrected chi connectivity index (χ4v) is 20.4. The quantitative estimate of drug-likeness (QED) is 0.109. The molecule has 0 amide bonds. The van der Waals surface area contributed by atoms with E-state index >= 15 is 0 Å². The second-order valence-electron chi connectivity index (χ2n) is 33.7. The van der Waals surface area contributed by atoms with E-state index in [9.17, 15) is 0 Å². The van der Waals surface area contributed by atoms with Crippen molar-refractivity contribution >= 4 is 165 Å². The highest BCUT2D eigenvalue weighted by Crippen LogP contribution is 2.52. The molecule has 0 spiro atoms. The van der Waals surface area contributed by atoms with Gasteiger partial charge < -0.3 is 27.8 Å². The van der Waals surface area contributed by atoms with E-state index in [1.165, 1.54) is 115 Å². The molecule has 0 saturated carbocycles. The number of rotatable bonds is 14. The van der Waals surface area contributed by atoms with Crippen LogP contribution in [0.4, 0.5) is 34.1 Å². The number of benzene rings is 22. The third-order valence-electron chi connectivity index (χ3n) is 26.4. The Kier molecular flexibility index (Phi) is 18.2. The molecule has 0 aliphatic carbocycles. The maximum Gasteiger partial charge on any atom is 0.136 e. The molecule has 0 radical (unpaired) electrons. The fraction of sp³-hybridized carbons (Fsp3) is 0. The molecule has 6 heteroatoms. The number of hydrogen-bond acceptors (Lipinski definition) is 4. The van der Waals surface area contributed by atoms with E-state index in [-0.39, 0.29) is 0 Å². The van der Waals surface area contributed by atoms with Crippen LogP contribution in [0.1, 0.15) is 0 Å². The molecule has 22 aromatic carbocycles. The fourth-order valence-electron chi connectivity index (χ4n) is 20.4. The van der Waals surface area contributed by atoms with E-state index in [4.69, 9.17) is 8.83 Å². The van der Waals surface area contributed by atoms with Crippen LogP contribution in [-0.2, 0) is 0 Å². The van der Waals surface area contributed by atoms with E-state index in [1.54, 1.807) is 0 Å². The van der Waals surface area contributed by atoms with Crippen molar-refractivity contribution < 1.29 is 8.83 Å². The largest absolute Gasteiger partial charge is 0.456 e. The van der Waals surface area contributed by atoms with Gasteiger partial charge in [-0.1, -0.05) is 346 Å². The standard InChI is InChI=1S/2C62H40N2O/c1-2-19-45(20-3-1)64-57-28-10-8-23-52(57)55-39-56(53-27-14-30-61-62(53)54-24-9-11-29-60(54)65-61)58(40-59(55)64)63(46-35-31-43(32-36-46)50-25-12-17-41-15-4-6-21-48(41)50)47-37-33-44(34-38-47)51-26-13-18-42-16-5-7-22-49(42)51;1-2-18-46(19-3-1)64-58-26-10-8-22-53(58)56-39-55(45-32-37-62-57(38-45)54-23-9-11-27-61(54)65-62)59(40-60(56)64)63(47-33-28-43(29-34-47)51-24-12-16-41-14-4-6-20-49(41)51)48-35-30-44(31-36-48)52-25-13-17-42-15-5-7-21-50(42)52/h2*1-40H. The molecule has 0 atom stereocenters. The zero-order valence-corrected chi connectivity index (χ0v) is 70.8. The molecule has 130 heavy (non-hydrogen) atoms. The van der Waals surface area contributed by atoms with Crippen LogP contribution in [-0.4, -0.2) is 9.13 Å². The number of nitrogens with zero attached hydrogens (tertiary/aromatic N) is 4. The summed E-state index contributed by atoms with van der Waals surface area (Å²) < 4.78 is 17.8. The summed E-state index contributed by atoms with van der Waals surface area (Å²) in [5.41, 5.74) is 30.7. The minimum Gasteiger partial charge on any atom is -0.456 e. The molecule has 0 saturated heterocycles. The van der Waals surface area contributed by atoms with E-state index in [2.05, 4.69) is 492 Å². The van der Waals surface area contributed by atoms with Crippen LogP contribution in [0.5, 0.6) is 0 Å². The molecule has 0 N–H and O–H groups in total. The molecule has 0 aliphatic rings. The summed E-state index contributed by atoms with van der Waals surface area (Å²) >= 11 is 0. The summed E-state index contributed by atoms with van der Waals surface area (Å²) in [5, 5.41) is 19.1. The Balaban J connectivity index is 0.000000140. The van der Waals surface area contributed by atoms with Gasteiger partial charge in [0.05, 0.1) is 33.4 Å². The molecule has 4 heterocycles. The lowest BCUT2D eigenvalue weighted by molar-refractivity contribution is 0.668. The van der Waals surface area contributed by atoms with Crippen molar-refractivity contribution in [3.8, 4) is 78.1 Å². The van der Waals surface area contributed by atoms with Gasteiger partial charge >= 0.3 is 0 Å². The first kappa shape index (κ1) is 75.2. The maximum atomic E-state index is 6.56. The molecular formula is C124H80N4O2. The third-order valence-corrected chi connectivity index (χ3v) is 26.4. The minimum absolute atomic E-state index is 0.867. The van der Waals surface area contributed by atoms with Gasteiger partial charge in [-0.15, -0.1) is 0 Å². The normalized spacial score (nSPS) is 11.7. The Morgan fingerprint density at radius 2 is 0.462 bits per heavy atom. The summed E-state index contributed by atoms with van der Waals surface area (Å²) in [5.74, 6) is 0. The Bertz CT molecular complexity index is 8640. The van der Waals surface area contributed by atoms with E-state index in [0.29, 0.717) is 0 Å². The summed E-state index contributed by atoms with van der Waals surface area (Å²) in [7, 11) is 0. The summed E-state index contributed by atoms with van der Waals surface area (Å²) in [6.45, 7) is 0. The van der Waals surface area contributed by atoms with Crippen LogP contribution < -0.4 is 9.80 Å². The Hall–Kier alpha value is -17.3. The molecule has 0 unspecified atom stereocenters. The van der Waals surface area contributed by atoms with Gasteiger partial charge in [-0.05, 0) is 238 Å². The van der Waals surface area contributed by atoms with Gasteiger partial charge in [-0.3, -0.25) is 0 Å². The van der Waals surface area contributed by atoms with Crippen LogP contribution in [0.15, 0.2) is 494 Å². The van der Waals surface area contributed by atoms with E-state index in [1.807, 2.05) is 12.1 Å². The molecule has 26 aromatic rings.